The van der Waals surface area contributed by atoms with Crippen LogP contribution in [0.4, 0.5) is 10.1 Å². The first kappa shape index (κ1) is 14.7. The molecular weight excluding hydrogens is 277 g/mol. The fourth-order valence-corrected chi connectivity index (χ4v) is 2.25. The number of ether oxygens (including phenoxy) is 1. The molecule has 0 spiro atoms. The first-order valence-corrected chi connectivity index (χ1v) is 6.72. The lowest BCUT2D eigenvalue weighted by molar-refractivity contribution is 0.411. The molecule has 0 saturated heterocycles. The van der Waals surface area contributed by atoms with Crippen molar-refractivity contribution in [3.8, 4) is 5.75 Å². The van der Waals surface area contributed by atoms with E-state index < -0.39 is 5.82 Å². The van der Waals surface area contributed by atoms with E-state index in [4.69, 9.17) is 16.3 Å². The first-order valence-electron chi connectivity index (χ1n) is 6.35. The molecule has 2 nitrogen and oxygen atoms in total. The Morgan fingerprint density at radius 2 is 1.90 bits per heavy atom. The summed E-state index contributed by atoms with van der Waals surface area (Å²) in [6, 6.07) is 8.60. The van der Waals surface area contributed by atoms with Crippen molar-refractivity contribution in [2.45, 2.75) is 20.4 Å². The minimum atomic E-state index is -0.409. The van der Waals surface area contributed by atoms with E-state index in [1.54, 1.807) is 19.2 Å². The summed E-state index contributed by atoms with van der Waals surface area (Å²) in [5.41, 5.74) is 4.28. The third-order valence-corrected chi connectivity index (χ3v) is 3.76. The van der Waals surface area contributed by atoms with E-state index >= 15 is 0 Å². The molecule has 0 amide bonds. The SMILES string of the molecule is COc1ccc(CNc2ccc(F)c(Cl)c2)c(C)c1C. The van der Waals surface area contributed by atoms with Crippen molar-refractivity contribution in [2.24, 2.45) is 0 Å². The van der Waals surface area contributed by atoms with Gasteiger partial charge < -0.3 is 10.1 Å². The number of nitrogens with one attached hydrogen (secondary N) is 1. The van der Waals surface area contributed by atoms with E-state index in [9.17, 15) is 4.39 Å². The van der Waals surface area contributed by atoms with Crippen LogP contribution in [0.3, 0.4) is 0 Å². The molecule has 0 fully saturated rings. The smallest absolute Gasteiger partial charge is 0.141 e. The van der Waals surface area contributed by atoms with Crippen LogP contribution in [0, 0.1) is 19.7 Å². The highest BCUT2D eigenvalue weighted by molar-refractivity contribution is 6.31. The van der Waals surface area contributed by atoms with Crippen LogP contribution in [0.15, 0.2) is 30.3 Å². The fourth-order valence-electron chi connectivity index (χ4n) is 2.07. The van der Waals surface area contributed by atoms with E-state index in [-0.39, 0.29) is 5.02 Å². The van der Waals surface area contributed by atoms with Crippen LogP contribution in [0.1, 0.15) is 16.7 Å². The number of hydrogen-bond donors (Lipinski definition) is 1. The highest BCUT2D eigenvalue weighted by Gasteiger charge is 2.07. The van der Waals surface area contributed by atoms with Gasteiger partial charge in [0, 0.05) is 12.2 Å². The van der Waals surface area contributed by atoms with Gasteiger partial charge in [0.1, 0.15) is 11.6 Å². The molecule has 0 saturated carbocycles. The van der Waals surface area contributed by atoms with E-state index in [1.165, 1.54) is 17.2 Å². The maximum atomic E-state index is 13.1. The van der Waals surface area contributed by atoms with Crippen molar-refractivity contribution in [3.05, 3.63) is 57.9 Å². The number of rotatable bonds is 4. The normalized spacial score (nSPS) is 10.4. The standard InChI is InChI=1S/C16H17ClFNO/c1-10-11(2)16(20-3)7-4-12(10)9-19-13-5-6-15(18)14(17)8-13/h4-8,19H,9H2,1-3H3. The van der Waals surface area contributed by atoms with Crippen molar-refractivity contribution in [2.75, 3.05) is 12.4 Å². The van der Waals surface area contributed by atoms with Gasteiger partial charge in [0.2, 0.25) is 0 Å². The third-order valence-electron chi connectivity index (χ3n) is 3.47. The van der Waals surface area contributed by atoms with E-state index in [2.05, 4.69) is 12.2 Å². The van der Waals surface area contributed by atoms with Crippen molar-refractivity contribution < 1.29 is 9.13 Å². The van der Waals surface area contributed by atoms with Crippen LogP contribution in [0.5, 0.6) is 5.75 Å². The number of halogens is 2. The first-order chi connectivity index (χ1) is 9.52. The summed E-state index contributed by atoms with van der Waals surface area (Å²) in [5.74, 6) is 0.477. The molecule has 1 N–H and O–H groups in total. The second-order valence-electron chi connectivity index (χ2n) is 4.66. The highest BCUT2D eigenvalue weighted by Crippen LogP contribution is 2.25. The Kier molecular flexibility index (Phi) is 4.50. The van der Waals surface area contributed by atoms with Crippen molar-refractivity contribution in [3.63, 3.8) is 0 Å². The maximum Gasteiger partial charge on any atom is 0.141 e. The number of benzene rings is 2. The number of hydrogen-bond acceptors (Lipinski definition) is 2. The Hall–Kier alpha value is -1.74. The van der Waals surface area contributed by atoms with Crippen molar-refractivity contribution in [1.82, 2.24) is 0 Å². The molecule has 0 aliphatic carbocycles. The topological polar surface area (TPSA) is 21.3 Å². The van der Waals surface area contributed by atoms with Crippen LogP contribution in [-0.2, 0) is 6.54 Å². The Labute approximate surface area is 123 Å². The van der Waals surface area contributed by atoms with Gasteiger partial charge in [-0.2, -0.15) is 0 Å². The van der Waals surface area contributed by atoms with Crippen molar-refractivity contribution >= 4 is 17.3 Å². The zero-order chi connectivity index (χ0) is 14.7. The predicted molar refractivity (Wildman–Crippen MR) is 81.2 cm³/mol. The fraction of sp³-hybridized carbons (Fsp3) is 0.250. The average Bonchev–Trinajstić information content (AvgIpc) is 2.44. The van der Waals surface area contributed by atoms with Crippen LogP contribution in [-0.4, -0.2) is 7.11 Å². The van der Waals surface area contributed by atoms with Crippen LogP contribution in [0.25, 0.3) is 0 Å². The van der Waals surface area contributed by atoms with Crippen LogP contribution in [0.2, 0.25) is 5.02 Å². The monoisotopic (exact) mass is 293 g/mol. The molecule has 0 heterocycles. The van der Waals surface area contributed by atoms with Gasteiger partial charge in [-0.05, 0) is 54.8 Å². The summed E-state index contributed by atoms with van der Waals surface area (Å²) < 4.78 is 18.4. The molecule has 2 aromatic rings. The summed E-state index contributed by atoms with van der Waals surface area (Å²) >= 11 is 5.76. The van der Waals surface area contributed by atoms with Gasteiger partial charge in [0.05, 0.1) is 12.1 Å². The van der Waals surface area contributed by atoms with Gasteiger partial charge >= 0.3 is 0 Å². The zero-order valence-electron chi connectivity index (χ0n) is 11.8. The Morgan fingerprint density at radius 3 is 2.55 bits per heavy atom. The quantitative estimate of drug-likeness (QED) is 0.881. The molecule has 0 radical (unpaired) electrons. The molecule has 20 heavy (non-hydrogen) atoms. The Bertz CT molecular complexity index is 628. The van der Waals surface area contributed by atoms with Gasteiger partial charge in [-0.25, -0.2) is 4.39 Å². The summed E-state index contributed by atoms with van der Waals surface area (Å²) in [6.07, 6.45) is 0. The lowest BCUT2D eigenvalue weighted by Gasteiger charge is -2.14. The zero-order valence-corrected chi connectivity index (χ0v) is 12.5. The lowest BCUT2D eigenvalue weighted by atomic mass is 10.0. The largest absolute Gasteiger partial charge is 0.496 e. The van der Waals surface area contributed by atoms with Gasteiger partial charge in [-0.1, -0.05) is 17.7 Å². The van der Waals surface area contributed by atoms with E-state index in [0.717, 1.165) is 17.0 Å². The summed E-state index contributed by atoms with van der Waals surface area (Å²) in [7, 11) is 1.67. The molecule has 0 aliphatic heterocycles. The molecule has 4 heteroatoms. The second-order valence-corrected chi connectivity index (χ2v) is 5.07. The summed E-state index contributed by atoms with van der Waals surface area (Å²) in [6.45, 7) is 4.75. The molecule has 0 atom stereocenters. The second kappa shape index (κ2) is 6.14. The van der Waals surface area contributed by atoms with Crippen molar-refractivity contribution in [1.29, 1.82) is 0 Å². The molecule has 0 aliphatic rings. The van der Waals surface area contributed by atoms with Crippen LogP contribution >= 0.6 is 11.6 Å². The summed E-state index contributed by atoms with van der Waals surface area (Å²) in [5, 5.41) is 3.37. The molecule has 0 bridgehead atoms. The minimum absolute atomic E-state index is 0.123. The molecule has 0 unspecified atom stereocenters. The van der Waals surface area contributed by atoms with Gasteiger partial charge in [-0.3, -0.25) is 0 Å². The van der Waals surface area contributed by atoms with Gasteiger partial charge in [0.25, 0.3) is 0 Å². The van der Waals surface area contributed by atoms with Crippen LogP contribution < -0.4 is 10.1 Å². The van der Waals surface area contributed by atoms with Gasteiger partial charge in [0.15, 0.2) is 0 Å². The molecule has 106 valence electrons. The predicted octanol–water partition coefficient (Wildman–Crippen LogP) is 4.72. The van der Waals surface area contributed by atoms with E-state index in [0.29, 0.717) is 6.54 Å². The molecule has 2 rings (SSSR count). The third kappa shape index (κ3) is 3.05. The number of methoxy groups -OCH3 is 1. The molecule has 2 aromatic carbocycles. The number of anilines is 1. The highest BCUT2D eigenvalue weighted by atomic mass is 35.5. The lowest BCUT2D eigenvalue weighted by Crippen LogP contribution is -2.03. The summed E-state index contributed by atoms with van der Waals surface area (Å²) in [4.78, 5) is 0. The van der Waals surface area contributed by atoms with Gasteiger partial charge in [-0.15, -0.1) is 0 Å². The van der Waals surface area contributed by atoms with E-state index in [1.807, 2.05) is 19.1 Å². The molecule has 0 aromatic heterocycles. The Morgan fingerprint density at radius 1 is 1.15 bits per heavy atom. The average molecular weight is 294 g/mol. The molecular formula is C16H17ClFNO. The maximum absolute atomic E-state index is 13.1. The Balaban J connectivity index is 2.15. The minimum Gasteiger partial charge on any atom is -0.496 e.